The maximum Gasteiger partial charge on any atom is 0.333 e. The molecule has 2 heterocycles. The molecule has 1 atom stereocenters. The molecular formula is C9H14N8O2. The fourth-order valence-corrected chi connectivity index (χ4v) is 1.78. The van der Waals surface area contributed by atoms with Gasteiger partial charge < -0.3 is 5.32 Å². The molecule has 2 aromatic rings. The second-order valence-electron chi connectivity index (χ2n) is 4.01. The summed E-state index contributed by atoms with van der Waals surface area (Å²) in [6, 6.07) is -0.322. The zero-order chi connectivity index (χ0) is 14.0. The lowest BCUT2D eigenvalue weighted by atomic mass is 10.2. The molecule has 0 aromatic carbocycles. The van der Waals surface area contributed by atoms with Crippen molar-refractivity contribution >= 4 is 11.5 Å². The highest BCUT2D eigenvalue weighted by atomic mass is 16.6. The quantitative estimate of drug-likeness (QED) is 0.598. The van der Waals surface area contributed by atoms with Gasteiger partial charge in [-0.1, -0.05) is 12.1 Å². The summed E-state index contributed by atoms with van der Waals surface area (Å²) in [7, 11) is 1.65. The number of hydrogen-bond donors (Lipinski definition) is 2. The van der Waals surface area contributed by atoms with Crippen molar-refractivity contribution in [1.82, 2.24) is 30.4 Å². The Morgan fingerprint density at radius 1 is 1.58 bits per heavy atom. The average Bonchev–Trinajstić information content (AvgIpc) is 2.97. The zero-order valence-electron chi connectivity index (χ0n) is 10.8. The first-order valence-electron chi connectivity index (χ1n) is 5.74. The maximum atomic E-state index is 11.1. The van der Waals surface area contributed by atoms with E-state index >= 15 is 0 Å². The number of aromatic amines is 1. The second-order valence-corrected chi connectivity index (χ2v) is 4.01. The Bertz CT molecular complexity index is 575. The van der Waals surface area contributed by atoms with Gasteiger partial charge in [0.2, 0.25) is 5.82 Å². The van der Waals surface area contributed by atoms with Crippen molar-refractivity contribution in [3.63, 3.8) is 0 Å². The van der Waals surface area contributed by atoms with Crippen LogP contribution in [-0.2, 0) is 13.5 Å². The molecule has 0 spiro atoms. The van der Waals surface area contributed by atoms with E-state index in [-0.39, 0.29) is 11.7 Å². The standard InChI is InChI=1S/C9H14N8O2/c1-4-6-7(17(18)19)9(16(3)13-6)10-5(2)8-11-14-15-12-8/h5,10H,4H2,1-3H3,(H,11,12,14,15). The summed E-state index contributed by atoms with van der Waals surface area (Å²) in [4.78, 5) is 10.7. The lowest BCUT2D eigenvalue weighted by Crippen LogP contribution is -2.12. The van der Waals surface area contributed by atoms with Gasteiger partial charge in [-0.2, -0.15) is 10.3 Å². The van der Waals surface area contributed by atoms with Crippen LogP contribution in [0.1, 0.15) is 31.4 Å². The number of nitrogens with zero attached hydrogens (tertiary/aromatic N) is 6. The van der Waals surface area contributed by atoms with Crippen LogP contribution in [0.25, 0.3) is 0 Å². The third kappa shape index (κ3) is 2.37. The number of nitro groups is 1. The van der Waals surface area contributed by atoms with E-state index in [0.29, 0.717) is 23.8 Å². The van der Waals surface area contributed by atoms with Crippen LogP contribution < -0.4 is 5.32 Å². The molecule has 0 bridgehead atoms. The van der Waals surface area contributed by atoms with Crippen LogP contribution in [0.15, 0.2) is 0 Å². The zero-order valence-corrected chi connectivity index (χ0v) is 10.8. The van der Waals surface area contributed by atoms with Gasteiger partial charge in [-0.25, -0.2) is 4.68 Å². The number of H-pyrrole nitrogens is 1. The Hall–Kier alpha value is -2.52. The van der Waals surface area contributed by atoms with Gasteiger partial charge in [0.25, 0.3) is 0 Å². The molecule has 0 amide bonds. The monoisotopic (exact) mass is 266 g/mol. The van der Waals surface area contributed by atoms with Crippen molar-refractivity contribution in [2.75, 3.05) is 5.32 Å². The predicted octanol–water partition coefficient (Wildman–Crippen LogP) is 0.577. The summed E-state index contributed by atoms with van der Waals surface area (Å²) in [6.45, 7) is 3.61. The molecule has 0 saturated carbocycles. The van der Waals surface area contributed by atoms with Crippen molar-refractivity contribution in [3.05, 3.63) is 21.6 Å². The van der Waals surface area contributed by atoms with Crippen molar-refractivity contribution in [1.29, 1.82) is 0 Å². The van der Waals surface area contributed by atoms with Crippen molar-refractivity contribution < 1.29 is 4.92 Å². The summed E-state index contributed by atoms with van der Waals surface area (Å²) < 4.78 is 1.45. The van der Waals surface area contributed by atoms with E-state index in [4.69, 9.17) is 0 Å². The molecule has 0 aliphatic rings. The highest BCUT2D eigenvalue weighted by Crippen LogP contribution is 2.30. The molecule has 0 aliphatic heterocycles. The smallest absolute Gasteiger partial charge is 0.333 e. The number of aromatic nitrogens is 6. The molecule has 10 nitrogen and oxygen atoms in total. The molecule has 10 heteroatoms. The number of hydrogen-bond acceptors (Lipinski definition) is 7. The molecule has 1 unspecified atom stereocenters. The Morgan fingerprint density at radius 2 is 2.32 bits per heavy atom. The van der Waals surface area contributed by atoms with Crippen LogP contribution in [0.3, 0.4) is 0 Å². The van der Waals surface area contributed by atoms with Crippen molar-refractivity contribution in [2.24, 2.45) is 7.05 Å². The summed E-state index contributed by atoms with van der Waals surface area (Å²) in [5, 5.41) is 31.7. The Labute approximate surface area is 108 Å². The van der Waals surface area contributed by atoms with E-state index < -0.39 is 4.92 Å². The second kappa shape index (κ2) is 5.00. The molecular weight excluding hydrogens is 252 g/mol. The van der Waals surface area contributed by atoms with Crippen LogP contribution in [-0.4, -0.2) is 35.3 Å². The molecule has 2 N–H and O–H groups in total. The minimum Gasteiger partial charge on any atom is -0.355 e. The molecule has 19 heavy (non-hydrogen) atoms. The van der Waals surface area contributed by atoms with Crippen LogP contribution in [0, 0.1) is 10.1 Å². The Balaban J connectivity index is 2.34. The number of nitrogens with one attached hydrogen (secondary N) is 2. The van der Waals surface area contributed by atoms with Crippen LogP contribution in [0.4, 0.5) is 11.5 Å². The number of tetrazole rings is 1. The number of anilines is 1. The highest BCUT2D eigenvalue weighted by Gasteiger charge is 2.27. The summed E-state index contributed by atoms with van der Waals surface area (Å²) >= 11 is 0. The van der Waals surface area contributed by atoms with Gasteiger partial charge in [0.05, 0.1) is 11.0 Å². The molecule has 0 saturated heterocycles. The van der Waals surface area contributed by atoms with Gasteiger partial charge >= 0.3 is 5.69 Å². The molecule has 0 aliphatic carbocycles. The van der Waals surface area contributed by atoms with Crippen LogP contribution in [0.5, 0.6) is 0 Å². The van der Waals surface area contributed by atoms with E-state index in [0.717, 1.165) is 0 Å². The summed E-state index contributed by atoms with van der Waals surface area (Å²) in [5.74, 6) is 0.757. The van der Waals surface area contributed by atoms with Crippen LogP contribution in [0.2, 0.25) is 0 Å². The Kier molecular flexibility index (Phi) is 3.40. The molecule has 102 valence electrons. The minimum absolute atomic E-state index is 0.0136. The molecule has 0 radical (unpaired) electrons. The number of aryl methyl sites for hydroxylation is 2. The first kappa shape index (κ1) is 12.9. The Morgan fingerprint density at radius 3 is 2.84 bits per heavy atom. The maximum absolute atomic E-state index is 11.1. The lowest BCUT2D eigenvalue weighted by molar-refractivity contribution is -0.384. The van der Waals surface area contributed by atoms with Crippen molar-refractivity contribution in [3.8, 4) is 0 Å². The third-order valence-electron chi connectivity index (χ3n) is 2.71. The van der Waals surface area contributed by atoms with E-state index in [1.165, 1.54) is 4.68 Å². The normalized spacial score (nSPS) is 12.4. The predicted molar refractivity (Wildman–Crippen MR) is 65.5 cm³/mol. The summed E-state index contributed by atoms with van der Waals surface area (Å²) in [6.07, 6.45) is 0.489. The van der Waals surface area contributed by atoms with E-state index in [1.54, 1.807) is 14.0 Å². The van der Waals surface area contributed by atoms with Gasteiger partial charge in [-0.05, 0) is 13.3 Å². The topological polar surface area (TPSA) is 127 Å². The van der Waals surface area contributed by atoms with E-state index in [1.807, 2.05) is 6.92 Å². The van der Waals surface area contributed by atoms with Crippen molar-refractivity contribution in [2.45, 2.75) is 26.3 Å². The fourth-order valence-electron chi connectivity index (χ4n) is 1.78. The van der Waals surface area contributed by atoms with Gasteiger partial charge in [0.15, 0.2) is 5.82 Å². The lowest BCUT2D eigenvalue weighted by Gasteiger charge is -2.10. The number of rotatable bonds is 5. The average molecular weight is 266 g/mol. The minimum atomic E-state index is -0.433. The van der Waals surface area contributed by atoms with E-state index in [2.05, 4.69) is 31.0 Å². The molecule has 2 aromatic heterocycles. The highest BCUT2D eigenvalue weighted by molar-refractivity contribution is 5.60. The van der Waals surface area contributed by atoms with Gasteiger partial charge in [-0.15, -0.1) is 10.2 Å². The first-order valence-corrected chi connectivity index (χ1v) is 5.74. The van der Waals surface area contributed by atoms with E-state index in [9.17, 15) is 10.1 Å². The fraction of sp³-hybridized carbons (Fsp3) is 0.556. The molecule has 2 rings (SSSR count). The van der Waals surface area contributed by atoms with Gasteiger partial charge in [0.1, 0.15) is 5.69 Å². The summed E-state index contributed by atoms with van der Waals surface area (Å²) in [5.41, 5.74) is 0.427. The van der Waals surface area contributed by atoms with Gasteiger partial charge in [-0.3, -0.25) is 10.1 Å². The molecule has 0 fully saturated rings. The SMILES string of the molecule is CCc1nn(C)c(NC(C)c2nn[nH]n2)c1[N+](=O)[O-]. The van der Waals surface area contributed by atoms with Crippen LogP contribution >= 0.6 is 0 Å². The first-order chi connectivity index (χ1) is 9.04. The van der Waals surface area contributed by atoms with Gasteiger partial charge in [0, 0.05) is 7.05 Å². The third-order valence-corrected chi connectivity index (χ3v) is 2.71. The largest absolute Gasteiger partial charge is 0.355 e.